The summed E-state index contributed by atoms with van der Waals surface area (Å²) in [6.07, 6.45) is 1.79. The van der Waals surface area contributed by atoms with Gasteiger partial charge in [-0.1, -0.05) is 54.6 Å². The van der Waals surface area contributed by atoms with E-state index >= 15 is 0 Å². The smallest absolute Gasteiger partial charge is 0.194 e. The van der Waals surface area contributed by atoms with Crippen molar-refractivity contribution in [3.63, 3.8) is 0 Å². The normalized spacial score (nSPS) is 11.4. The third-order valence-electron chi connectivity index (χ3n) is 3.65. The number of pyridine rings is 1. The first-order valence-electron chi connectivity index (χ1n) is 7.33. The van der Waals surface area contributed by atoms with Gasteiger partial charge in [0.1, 0.15) is 0 Å². The fourth-order valence-corrected chi connectivity index (χ4v) is 2.50. The van der Waals surface area contributed by atoms with E-state index in [9.17, 15) is 9.59 Å². The zero-order valence-electron chi connectivity index (χ0n) is 13.1. The average molecular weight is 382 g/mol. The third-order valence-corrected chi connectivity index (χ3v) is 3.65. The number of rotatable bonds is 0. The van der Waals surface area contributed by atoms with Crippen molar-refractivity contribution >= 4 is 28.5 Å². The van der Waals surface area contributed by atoms with E-state index in [2.05, 4.69) is 4.98 Å². The van der Waals surface area contributed by atoms with Crippen LogP contribution in [0.5, 0.6) is 0 Å². The van der Waals surface area contributed by atoms with Crippen molar-refractivity contribution in [2.75, 3.05) is 0 Å². The van der Waals surface area contributed by atoms with Crippen molar-refractivity contribution in [2.24, 2.45) is 0 Å². The summed E-state index contributed by atoms with van der Waals surface area (Å²) in [5.74, 6) is -0.128. The Morgan fingerprint density at radius 3 is 1.25 bits per heavy atom. The molecular weight excluding hydrogens is 366 g/mol. The quantitative estimate of drug-likeness (QED) is 0.452. The van der Waals surface area contributed by atoms with Gasteiger partial charge in [-0.2, -0.15) is 0 Å². The lowest BCUT2D eigenvalue weighted by Crippen LogP contribution is -2.20. The number of aryl methyl sites for hydroxylation is 1. The van der Waals surface area contributed by atoms with Gasteiger partial charge in [0.25, 0.3) is 0 Å². The molecule has 120 valence electrons. The maximum atomic E-state index is 12.1. The van der Waals surface area contributed by atoms with Crippen LogP contribution in [0.4, 0.5) is 0 Å². The average Bonchev–Trinajstić information content (AvgIpc) is 2.61. The first kappa shape index (κ1) is 17.8. The van der Waals surface area contributed by atoms with Crippen LogP contribution in [0.25, 0.3) is 0 Å². The van der Waals surface area contributed by atoms with Crippen molar-refractivity contribution < 1.29 is 9.59 Å². The molecule has 3 nitrogen and oxygen atoms in total. The van der Waals surface area contributed by atoms with E-state index in [1.807, 2.05) is 25.1 Å². The van der Waals surface area contributed by atoms with E-state index in [4.69, 9.17) is 0 Å². The number of carbonyl (C=O) groups excluding carboxylic acids is 2. The van der Waals surface area contributed by atoms with Crippen LogP contribution in [-0.2, 0) is 0 Å². The lowest BCUT2D eigenvalue weighted by Gasteiger charge is -2.16. The van der Waals surface area contributed by atoms with Crippen LogP contribution < -0.4 is 0 Å². The summed E-state index contributed by atoms with van der Waals surface area (Å²) in [4.78, 5) is 28.2. The number of ketones is 2. The number of hydrogen-bond acceptors (Lipinski definition) is 3. The van der Waals surface area contributed by atoms with Gasteiger partial charge < -0.3 is 0 Å². The molecule has 2 aromatic carbocycles. The Balaban J connectivity index is 0.000000222. The summed E-state index contributed by atoms with van der Waals surface area (Å²) in [6.45, 7) is 1.97. The predicted molar refractivity (Wildman–Crippen MR) is 99.0 cm³/mol. The maximum Gasteiger partial charge on any atom is 0.194 e. The van der Waals surface area contributed by atoms with Crippen molar-refractivity contribution in [2.45, 2.75) is 6.92 Å². The molecule has 0 fully saturated rings. The largest absolute Gasteiger partial charge is 0.289 e. The highest BCUT2D eigenvalue weighted by atomic mass is 79.9. The standard InChI is InChI=1S/C14H8O2.C6H7N.BrH/c15-13-9-5-1-2-6-10(9)14(16)12-8-4-3-7-11(12)13;1-6-4-2-3-5-7-6;/h1-8H;2-5H,1H3;1H. The summed E-state index contributed by atoms with van der Waals surface area (Å²) in [5.41, 5.74) is 3.09. The first-order valence-corrected chi connectivity index (χ1v) is 7.33. The summed E-state index contributed by atoms with van der Waals surface area (Å²) >= 11 is 0. The van der Waals surface area contributed by atoms with Gasteiger partial charge in [-0.3, -0.25) is 14.6 Å². The van der Waals surface area contributed by atoms with Gasteiger partial charge in [-0.15, -0.1) is 17.0 Å². The summed E-state index contributed by atoms with van der Waals surface area (Å²) in [5, 5.41) is 0. The molecule has 3 aromatic rings. The van der Waals surface area contributed by atoms with Gasteiger partial charge >= 0.3 is 0 Å². The number of hydrogen-bond donors (Lipinski definition) is 0. The van der Waals surface area contributed by atoms with Crippen molar-refractivity contribution in [3.05, 3.63) is 101 Å². The maximum absolute atomic E-state index is 12.1. The van der Waals surface area contributed by atoms with Crippen LogP contribution >= 0.6 is 17.0 Å². The van der Waals surface area contributed by atoms with Crippen LogP contribution in [-0.4, -0.2) is 16.6 Å². The molecule has 0 saturated carbocycles. The minimum atomic E-state index is -0.0641. The molecule has 1 aliphatic carbocycles. The Bertz CT molecular complexity index is 770. The van der Waals surface area contributed by atoms with Gasteiger partial charge in [0, 0.05) is 34.1 Å². The van der Waals surface area contributed by atoms with Crippen molar-refractivity contribution in [1.29, 1.82) is 0 Å². The Labute approximate surface area is 151 Å². The molecule has 0 amide bonds. The first-order chi connectivity index (χ1) is 11.2. The number of benzene rings is 2. The van der Waals surface area contributed by atoms with Crippen molar-refractivity contribution in [1.82, 2.24) is 4.98 Å². The Hall–Kier alpha value is -2.59. The highest BCUT2D eigenvalue weighted by Crippen LogP contribution is 2.26. The molecule has 0 aliphatic heterocycles. The Morgan fingerprint density at radius 2 is 1.00 bits per heavy atom. The molecule has 24 heavy (non-hydrogen) atoms. The molecule has 1 aliphatic rings. The number of carbonyl (C=O) groups is 2. The van der Waals surface area contributed by atoms with E-state index in [0.717, 1.165) is 5.69 Å². The fraction of sp³-hybridized carbons (Fsp3) is 0.0500. The number of aromatic nitrogens is 1. The van der Waals surface area contributed by atoms with E-state index in [1.165, 1.54) is 0 Å². The van der Waals surface area contributed by atoms with Crippen LogP contribution in [0.1, 0.15) is 37.5 Å². The van der Waals surface area contributed by atoms with Gasteiger partial charge in [0.2, 0.25) is 0 Å². The molecule has 0 atom stereocenters. The molecule has 4 heteroatoms. The summed E-state index contributed by atoms with van der Waals surface area (Å²) < 4.78 is 0. The predicted octanol–water partition coefficient (Wildman–Crippen LogP) is 4.43. The van der Waals surface area contributed by atoms with Crippen LogP contribution in [0.15, 0.2) is 72.9 Å². The highest BCUT2D eigenvalue weighted by Gasteiger charge is 2.28. The molecule has 0 N–H and O–H groups in total. The van der Waals surface area contributed by atoms with E-state index < -0.39 is 0 Å². The lowest BCUT2D eigenvalue weighted by molar-refractivity contribution is 0.0979. The van der Waals surface area contributed by atoms with E-state index in [-0.39, 0.29) is 28.5 Å². The van der Waals surface area contributed by atoms with Gasteiger partial charge in [0.05, 0.1) is 0 Å². The Kier molecular flexibility index (Phi) is 5.77. The van der Waals surface area contributed by atoms with Crippen molar-refractivity contribution in [3.8, 4) is 0 Å². The lowest BCUT2D eigenvalue weighted by atomic mass is 9.84. The zero-order chi connectivity index (χ0) is 16.2. The molecule has 0 spiro atoms. The molecule has 1 heterocycles. The molecular formula is C20H16BrNO2. The molecule has 0 saturated heterocycles. The molecule has 0 unspecified atom stereocenters. The monoisotopic (exact) mass is 381 g/mol. The summed E-state index contributed by atoms with van der Waals surface area (Å²) in [6, 6.07) is 19.8. The molecule has 1 aromatic heterocycles. The second-order valence-electron chi connectivity index (χ2n) is 5.22. The second-order valence-corrected chi connectivity index (χ2v) is 5.22. The molecule has 0 bridgehead atoms. The van der Waals surface area contributed by atoms with Gasteiger partial charge in [0.15, 0.2) is 11.6 Å². The Morgan fingerprint density at radius 1 is 0.625 bits per heavy atom. The SMILES string of the molecule is Br.Cc1ccccn1.O=C1c2ccccc2C(=O)c2ccccc21. The highest BCUT2D eigenvalue weighted by molar-refractivity contribution is 8.93. The second kappa shape index (κ2) is 7.79. The number of halogens is 1. The molecule has 4 rings (SSSR count). The van der Waals surface area contributed by atoms with E-state index in [0.29, 0.717) is 22.3 Å². The summed E-state index contributed by atoms with van der Waals surface area (Å²) in [7, 11) is 0. The van der Waals surface area contributed by atoms with Crippen LogP contribution in [0, 0.1) is 6.92 Å². The molecule has 0 radical (unpaired) electrons. The number of fused-ring (bicyclic) bond motifs is 2. The topological polar surface area (TPSA) is 47.0 Å². The van der Waals surface area contributed by atoms with Crippen LogP contribution in [0.3, 0.4) is 0 Å². The fourth-order valence-electron chi connectivity index (χ4n) is 2.50. The minimum absolute atomic E-state index is 0. The van der Waals surface area contributed by atoms with Crippen LogP contribution in [0.2, 0.25) is 0 Å². The minimum Gasteiger partial charge on any atom is -0.289 e. The van der Waals surface area contributed by atoms with E-state index in [1.54, 1.807) is 54.7 Å². The van der Waals surface area contributed by atoms with Gasteiger partial charge in [-0.05, 0) is 19.1 Å². The zero-order valence-corrected chi connectivity index (χ0v) is 14.8. The third kappa shape index (κ3) is 3.49. The number of nitrogens with zero attached hydrogens (tertiary/aromatic N) is 1. The van der Waals surface area contributed by atoms with Gasteiger partial charge in [-0.25, -0.2) is 0 Å².